The summed E-state index contributed by atoms with van der Waals surface area (Å²) < 4.78 is 6.21. The summed E-state index contributed by atoms with van der Waals surface area (Å²) in [5.41, 5.74) is 3.63. The van der Waals surface area contributed by atoms with Crippen molar-refractivity contribution in [1.82, 2.24) is 5.32 Å². The lowest BCUT2D eigenvalue weighted by molar-refractivity contribution is 0.412. The minimum Gasteiger partial charge on any atom is -0.496 e. The lowest BCUT2D eigenvalue weighted by atomic mass is 10.2. The standard InChI is InChI=1S/C16H19BrN2O/c1-18-14-6-3-12(4-7-14)10-19-11-13-5-8-16(20-2)15(17)9-13/h3-9,18-19H,10-11H2,1-2H3. The van der Waals surface area contributed by atoms with Gasteiger partial charge in [-0.15, -0.1) is 0 Å². The Morgan fingerprint density at radius 1 is 1.00 bits per heavy atom. The van der Waals surface area contributed by atoms with Gasteiger partial charge in [0.15, 0.2) is 0 Å². The molecule has 2 N–H and O–H groups in total. The van der Waals surface area contributed by atoms with Crippen LogP contribution in [0, 0.1) is 0 Å². The van der Waals surface area contributed by atoms with Crippen molar-refractivity contribution >= 4 is 21.6 Å². The van der Waals surface area contributed by atoms with Gasteiger partial charge in [-0.05, 0) is 51.3 Å². The van der Waals surface area contributed by atoms with Gasteiger partial charge < -0.3 is 15.4 Å². The quantitative estimate of drug-likeness (QED) is 0.843. The minimum atomic E-state index is 0.830. The minimum absolute atomic E-state index is 0.830. The Balaban J connectivity index is 1.87. The van der Waals surface area contributed by atoms with Crippen molar-refractivity contribution in [3.8, 4) is 5.75 Å². The first-order valence-corrected chi connectivity index (χ1v) is 7.32. The highest BCUT2D eigenvalue weighted by Gasteiger charge is 2.01. The molecule has 0 saturated heterocycles. The molecule has 4 heteroatoms. The molecule has 0 fully saturated rings. The van der Waals surface area contributed by atoms with Gasteiger partial charge in [-0.25, -0.2) is 0 Å². The molecule has 0 amide bonds. The fourth-order valence-electron chi connectivity index (χ4n) is 1.96. The second-order valence-electron chi connectivity index (χ2n) is 4.52. The zero-order chi connectivity index (χ0) is 14.4. The second kappa shape index (κ2) is 7.31. The van der Waals surface area contributed by atoms with E-state index in [1.807, 2.05) is 13.1 Å². The summed E-state index contributed by atoms with van der Waals surface area (Å²) >= 11 is 3.50. The third-order valence-electron chi connectivity index (χ3n) is 3.12. The summed E-state index contributed by atoms with van der Waals surface area (Å²) in [6.07, 6.45) is 0. The maximum atomic E-state index is 5.22. The van der Waals surface area contributed by atoms with Crippen molar-refractivity contribution in [1.29, 1.82) is 0 Å². The highest BCUT2D eigenvalue weighted by Crippen LogP contribution is 2.25. The number of rotatable bonds is 6. The molecule has 106 valence electrons. The van der Waals surface area contributed by atoms with E-state index in [1.54, 1.807) is 7.11 Å². The van der Waals surface area contributed by atoms with E-state index in [0.717, 1.165) is 29.0 Å². The van der Waals surface area contributed by atoms with Gasteiger partial charge in [0.1, 0.15) is 5.75 Å². The largest absolute Gasteiger partial charge is 0.496 e. The topological polar surface area (TPSA) is 33.3 Å². The van der Waals surface area contributed by atoms with Crippen molar-refractivity contribution in [2.75, 3.05) is 19.5 Å². The van der Waals surface area contributed by atoms with Crippen LogP contribution in [-0.2, 0) is 13.1 Å². The number of nitrogens with one attached hydrogen (secondary N) is 2. The van der Waals surface area contributed by atoms with Gasteiger partial charge in [0.2, 0.25) is 0 Å². The maximum Gasteiger partial charge on any atom is 0.133 e. The molecule has 0 saturated carbocycles. The van der Waals surface area contributed by atoms with E-state index in [1.165, 1.54) is 11.1 Å². The number of halogens is 1. The Bertz CT molecular complexity index is 555. The van der Waals surface area contributed by atoms with Crippen LogP contribution in [0.4, 0.5) is 5.69 Å². The Morgan fingerprint density at radius 2 is 1.65 bits per heavy atom. The van der Waals surface area contributed by atoms with Crippen molar-refractivity contribution < 1.29 is 4.74 Å². The SMILES string of the molecule is CNc1ccc(CNCc2ccc(OC)c(Br)c2)cc1. The number of hydrogen-bond donors (Lipinski definition) is 2. The molecule has 0 unspecified atom stereocenters. The predicted octanol–water partition coefficient (Wildman–Crippen LogP) is 3.79. The predicted molar refractivity (Wildman–Crippen MR) is 87.2 cm³/mol. The Hall–Kier alpha value is -1.52. The van der Waals surface area contributed by atoms with Crippen LogP contribution in [0.5, 0.6) is 5.75 Å². The van der Waals surface area contributed by atoms with Crippen LogP contribution in [0.15, 0.2) is 46.9 Å². The van der Waals surface area contributed by atoms with Crippen LogP contribution in [0.2, 0.25) is 0 Å². The highest BCUT2D eigenvalue weighted by atomic mass is 79.9. The number of benzene rings is 2. The number of ether oxygens (including phenoxy) is 1. The van der Waals surface area contributed by atoms with Crippen molar-refractivity contribution in [3.05, 3.63) is 58.1 Å². The lowest BCUT2D eigenvalue weighted by Gasteiger charge is -2.08. The molecule has 0 bridgehead atoms. The van der Waals surface area contributed by atoms with Gasteiger partial charge in [0, 0.05) is 25.8 Å². The molecule has 0 heterocycles. The molecule has 0 aliphatic carbocycles. The van der Waals surface area contributed by atoms with Crippen LogP contribution in [0.25, 0.3) is 0 Å². The van der Waals surface area contributed by atoms with Crippen LogP contribution in [0.1, 0.15) is 11.1 Å². The maximum absolute atomic E-state index is 5.22. The van der Waals surface area contributed by atoms with Crippen LogP contribution in [-0.4, -0.2) is 14.2 Å². The van der Waals surface area contributed by atoms with E-state index in [2.05, 4.69) is 63.0 Å². The molecule has 0 aliphatic rings. The summed E-state index contributed by atoms with van der Waals surface area (Å²) in [5, 5.41) is 6.55. The molecule has 2 aromatic carbocycles. The molecule has 0 radical (unpaired) electrons. The van der Waals surface area contributed by atoms with E-state index < -0.39 is 0 Å². The molecule has 3 nitrogen and oxygen atoms in total. The van der Waals surface area contributed by atoms with Gasteiger partial charge in [0.25, 0.3) is 0 Å². The Morgan fingerprint density at radius 3 is 2.25 bits per heavy atom. The third kappa shape index (κ3) is 3.99. The molecule has 2 aromatic rings. The molecule has 0 aromatic heterocycles. The van der Waals surface area contributed by atoms with Crippen LogP contribution < -0.4 is 15.4 Å². The third-order valence-corrected chi connectivity index (χ3v) is 3.74. The molecule has 0 aliphatic heterocycles. The van der Waals surface area contributed by atoms with Gasteiger partial charge >= 0.3 is 0 Å². The summed E-state index contributed by atoms with van der Waals surface area (Å²) in [5.74, 6) is 0.858. The van der Waals surface area contributed by atoms with Gasteiger partial charge in [0.05, 0.1) is 11.6 Å². The first-order chi connectivity index (χ1) is 9.72. The Kier molecular flexibility index (Phi) is 5.44. The normalized spacial score (nSPS) is 10.3. The van der Waals surface area contributed by atoms with Crippen molar-refractivity contribution in [3.63, 3.8) is 0 Å². The van der Waals surface area contributed by atoms with E-state index >= 15 is 0 Å². The highest BCUT2D eigenvalue weighted by molar-refractivity contribution is 9.10. The van der Waals surface area contributed by atoms with E-state index in [0.29, 0.717) is 0 Å². The van der Waals surface area contributed by atoms with Gasteiger partial charge in [-0.1, -0.05) is 18.2 Å². The zero-order valence-corrected chi connectivity index (χ0v) is 13.3. The number of hydrogen-bond acceptors (Lipinski definition) is 3. The average molecular weight is 335 g/mol. The monoisotopic (exact) mass is 334 g/mol. The van der Waals surface area contributed by atoms with E-state index in [-0.39, 0.29) is 0 Å². The fraction of sp³-hybridized carbons (Fsp3) is 0.250. The molecule has 2 rings (SSSR count). The summed E-state index contributed by atoms with van der Waals surface area (Å²) in [7, 11) is 3.60. The summed E-state index contributed by atoms with van der Waals surface area (Å²) in [4.78, 5) is 0. The van der Waals surface area contributed by atoms with Crippen LogP contribution >= 0.6 is 15.9 Å². The number of anilines is 1. The van der Waals surface area contributed by atoms with Crippen LogP contribution in [0.3, 0.4) is 0 Å². The zero-order valence-electron chi connectivity index (χ0n) is 11.7. The van der Waals surface area contributed by atoms with E-state index in [4.69, 9.17) is 4.74 Å². The molecular weight excluding hydrogens is 316 g/mol. The van der Waals surface area contributed by atoms with Crippen molar-refractivity contribution in [2.45, 2.75) is 13.1 Å². The average Bonchev–Trinajstić information content (AvgIpc) is 2.48. The fourth-order valence-corrected chi connectivity index (χ4v) is 2.55. The first-order valence-electron chi connectivity index (χ1n) is 6.52. The van der Waals surface area contributed by atoms with Crippen molar-refractivity contribution in [2.24, 2.45) is 0 Å². The smallest absolute Gasteiger partial charge is 0.133 e. The molecular formula is C16H19BrN2O. The molecule has 0 spiro atoms. The first kappa shape index (κ1) is 14.9. The lowest BCUT2D eigenvalue weighted by Crippen LogP contribution is -2.12. The van der Waals surface area contributed by atoms with E-state index in [9.17, 15) is 0 Å². The summed E-state index contributed by atoms with van der Waals surface area (Å²) in [6, 6.07) is 14.5. The second-order valence-corrected chi connectivity index (χ2v) is 5.37. The molecule has 20 heavy (non-hydrogen) atoms. The summed E-state index contributed by atoms with van der Waals surface area (Å²) in [6.45, 7) is 1.68. The Labute approximate surface area is 128 Å². The van der Waals surface area contributed by atoms with Gasteiger partial charge in [-0.3, -0.25) is 0 Å². The molecule has 0 atom stereocenters. The number of methoxy groups -OCH3 is 1. The van der Waals surface area contributed by atoms with Gasteiger partial charge in [-0.2, -0.15) is 0 Å².